The number of aliphatic hydroxyl groups is 1. The number of aliphatic hydroxyl groups excluding tert-OH is 1. The van der Waals surface area contributed by atoms with E-state index in [1.54, 1.807) is 43.0 Å². The number of aromatic nitrogens is 2. The van der Waals surface area contributed by atoms with Gasteiger partial charge in [-0.25, -0.2) is 9.78 Å². The average Bonchev–Trinajstić information content (AvgIpc) is 3.56. The Bertz CT molecular complexity index is 1930. The van der Waals surface area contributed by atoms with Crippen LogP contribution in [0.4, 0.5) is 16.2 Å². The highest BCUT2D eigenvalue weighted by Gasteiger charge is 2.31. The van der Waals surface area contributed by atoms with Crippen LogP contribution in [0.3, 0.4) is 0 Å². The van der Waals surface area contributed by atoms with Crippen molar-refractivity contribution in [3.8, 4) is 5.75 Å². The third kappa shape index (κ3) is 9.37. The molecule has 2 heterocycles. The van der Waals surface area contributed by atoms with Crippen LogP contribution >= 0.6 is 0 Å². The van der Waals surface area contributed by atoms with Crippen LogP contribution in [-0.2, 0) is 21.8 Å². The highest BCUT2D eigenvalue weighted by Crippen LogP contribution is 2.30. The Kier molecular flexibility index (Phi) is 12.2. The zero-order valence-corrected chi connectivity index (χ0v) is 30.6. The van der Waals surface area contributed by atoms with Crippen LogP contribution in [0.1, 0.15) is 50.4 Å². The molecule has 4 atom stereocenters. The number of nitrogens with zero attached hydrogens (tertiary/aromatic N) is 4. The predicted octanol–water partition coefficient (Wildman–Crippen LogP) is 5.33. The number of hydrogen-bond donors (Lipinski definition) is 3. The normalized spacial score (nSPS) is 19.8. The van der Waals surface area contributed by atoms with Crippen LogP contribution < -0.4 is 14.8 Å². The lowest BCUT2D eigenvalue weighted by molar-refractivity contribution is -0.0115. The largest absolute Gasteiger partial charge is 0.490 e. The molecule has 0 radical (unpaired) electrons. The summed E-state index contributed by atoms with van der Waals surface area (Å²) in [4.78, 5) is 35.0. The van der Waals surface area contributed by atoms with Gasteiger partial charge < -0.3 is 34.3 Å². The van der Waals surface area contributed by atoms with Gasteiger partial charge in [-0.05, 0) is 62.8 Å². The number of carbonyl (C=O) groups excluding carboxylic acids is 2. The molecule has 14 heteroatoms. The number of benzene rings is 3. The van der Waals surface area contributed by atoms with Crippen molar-refractivity contribution in [3.05, 3.63) is 78.8 Å². The van der Waals surface area contributed by atoms with E-state index < -0.39 is 28.1 Å². The molecule has 1 aliphatic heterocycles. The van der Waals surface area contributed by atoms with E-state index in [1.807, 2.05) is 56.3 Å². The Hall–Kier alpha value is -4.66. The lowest BCUT2D eigenvalue weighted by atomic mass is 10.0. The number of aryl methyl sites for hydroxylation is 1. The van der Waals surface area contributed by atoms with E-state index in [1.165, 1.54) is 23.2 Å². The predicted molar refractivity (Wildman–Crippen MR) is 196 cm³/mol. The van der Waals surface area contributed by atoms with E-state index in [0.29, 0.717) is 24.5 Å². The van der Waals surface area contributed by atoms with Gasteiger partial charge in [-0.15, -0.1) is 0 Å². The quantitative estimate of drug-likeness (QED) is 0.221. The lowest BCUT2D eigenvalue weighted by Gasteiger charge is -2.35. The topological polar surface area (TPSA) is 155 Å². The van der Waals surface area contributed by atoms with Gasteiger partial charge in [0.1, 0.15) is 5.75 Å². The number of carbonyl (C=O) groups is 2. The Morgan fingerprint density at radius 2 is 1.88 bits per heavy atom. The molecule has 0 unspecified atom stereocenters. The number of likely N-dealkylation sites (N-methyl/N-ethyl adjacent to an activating group) is 1. The van der Waals surface area contributed by atoms with Crippen LogP contribution in [-0.4, -0.2) is 96.4 Å². The summed E-state index contributed by atoms with van der Waals surface area (Å²) in [6.45, 7) is 6.20. The molecule has 0 saturated heterocycles. The number of amides is 3. The van der Waals surface area contributed by atoms with Gasteiger partial charge in [-0.1, -0.05) is 43.3 Å². The number of ether oxygens (including phenoxy) is 2. The SMILES string of the molecule is C[C@@H]1CN([C@@H](C)CO)C(=O)c2cc(NS(=O)(=O)c3cn(C)cn3)ccc2O[C@@H](C)CCCCO[C@@H]1CN(C)C(=O)Nc1cccc2ccccc12. The molecule has 0 fully saturated rings. The molecule has 3 aromatic carbocycles. The first-order chi connectivity index (χ1) is 24.4. The van der Waals surface area contributed by atoms with Crippen LogP contribution in [0.5, 0.6) is 5.75 Å². The second-order valence-corrected chi connectivity index (χ2v) is 15.0. The fourth-order valence-electron chi connectivity index (χ4n) is 6.08. The fourth-order valence-corrected chi connectivity index (χ4v) is 7.11. The van der Waals surface area contributed by atoms with Gasteiger partial charge >= 0.3 is 6.03 Å². The minimum absolute atomic E-state index is 0.150. The summed E-state index contributed by atoms with van der Waals surface area (Å²) in [6.07, 6.45) is 4.33. The molecule has 0 spiro atoms. The van der Waals surface area contributed by atoms with Gasteiger partial charge in [0.2, 0.25) is 0 Å². The van der Waals surface area contributed by atoms with Crippen LogP contribution in [0.2, 0.25) is 0 Å². The number of rotatable bonds is 8. The molecule has 5 rings (SSSR count). The molecule has 0 aliphatic carbocycles. The summed E-state index contributed by atoms with van der Waals surface area (Å²) in [6, 6.07) is 17.3. The second kappa shape index (κ2) is 16.6. The molecule has 3 N–H and O–H groups in total. The Morgan fingerprint density at radius 1 is 1.12 bits per heavy atom. The number of urea groups is 1. The molecule has 0 bridgehead atoms. The summed E-state index contributed by atoms with van der Waals surface area (Å²) in [5.41, 5.74) is 1.02. The monoisotopic (exact) mass is 720 g/mol. The summed E-state index contributed by atoms with van der Waals surface area (Å²) in [7, 11) is -0.657. The number of anilines is 2. The van der Waals surface area contributed by atoms with Crippen molar-refractivity contribution in [2.45, 2.75) is 63.3 Å². The van der Waals surface area contributed by atoms with Crippen LogP contribution in [0.15, 0.2) is 78.2 Å². The molecule has 0 saturated carbocycles. The van der Waals surface area contributed by atoms with Crippen molar-refractivity contribution >= 4 is 44.1 Å². The lowest BCUT2D eigenvalue weighted by Crippen LogP contribution is -2.48. The molecule has 1 aromatic heterocycles. The maximum absolute atomic E-state index is 14.4. The third-order valence-corrected chi connectivity index (χ3v) is 10.4. The Labute approximate surface area is 299 Å². The fraction of sp³-hybridized carbons (Fsp3) is 0.432. The second-order valence-electron chi connectivity index (χ2n) is 13.3. The van der Waals surface area contributed by atoms with Gasteiger partial charge in [0, 0.05) is 57.0 Å². The number of imidazole rings is 1. The molecule has 51 heavy (non-hydrogen) atoms. The van der Waals surface area contributed by atoms with E-state index in [4.69, 9.17) is 9.47 Å². The van der Waals surface area contributed by atoms with Crippen molar-refractivity contribution in [1.82, 2.24) is 19.4 Å². The van der Waals surface area contributed by atoms with Crippen molar-refractivity contribution in [2.24, 2.45) is 13.0 Å². The van der Waals surface area contributed by atoms with Gasteiger partial charge in [0.05, 0.1) is 42.4 Å². The number of hydrogen-bond acceptors (Lipinski definition) is 8. The van der Waals surface area contributed by atoms with E-state index in [2.05, 4.69) is 15.0 Å². The molecule has 4 aromatic rings. The highest BCUT2D eigenvalue weighted by atomic mass is 32.2. The summed E-state index contributed by atoms with van der Waals surface area (Å²) < 4.78 is 42.9. The third-order valence-electron chi connectivity index (χ3n) is 9.09. The van der Waals surface area contributed by atoms with Gasteiger partial charge in [0.15, 0.2) is 5.03 Å². The minimum atomic E-state index is -4.04. The number of fused-ring (bicyclic) bond motifs is 2. The summed E-state index contributed by atoms with van der Waals surface area (Å²) in [5, 5.41) is 15.1. The number of nitrogens with one attached hydrogen (secondary N) is 2. The van der Waals surface area contributed by atoms with Crippen molar-refractivity contribution in [2.75, 3.05) is 43.4 Å². The first kappa shape index (κ1) is 37.6. The first-order valence-electron chi connectivity index (χ1n) is 17.2. The number of sulfonamides is 1. The first-order valence-corrected chi connectivity index (χ1v) is 18.7. The van der Waals surface area contributed by atoms with E-state index in [-0.39, 0.29) is 54.0 Å². The molecule has 3 amide bonds. The van der Waals surface area contributed by atoms with Gasteiger partial charge in [-0.2, -0.15) is 8.42 Å². The van der Waals surface area contributed by atoms with Crippen molar-refractivity contribution in [3.63, 3.8) is 0 Å². The maximum Gasteiger partial charge on any atom is 0.321 e. The van der Waals surface area contributed by atoms with Gasteiger partial charge in [-0.3, -0.25) is 9.52 Å². The van der Waals surface area contributed by atoms with E-state index in [0.717, 1.165) is 23.6 Å². The van der Waals surface area contributed by atoms with E-state index >= 15 is 0 Å². The molecular weight excluding hydrogens is 673 g/mol. The zero-order chi connectivity index (χ0) is 36.7. The molecule has 274 valence electrons. The summed E-state index contributed by atoms with van der Waals surface area (Å²) in [5.74, 6) is -0.402. The van der Waals surface area contributed by atoms with Crippen molar-refractivity contribution < 1.29 is 32.6 Å². The Morgan fingerprint density at radius 3 is 2.63 bits per heavy atom. The average molecular weight is 721 g/mol. The van der Waals surface area contributed by atoms with Crippen molar-refractivity contribution in [1.29, 1.82) is 0 Å². The molecule has 13 nitrogen and oxygen atoms in total. The minimum Gasteiger partial charge on any atom is -0.490 e. The molecular formula is C37H48N6O7S. The zero-order valence-electron chi connectivity index (χ0n) is 29.8. The Balaban J connectivity index is 1.40. The van der Waals surface area contributed by atoms with Crippen LogP contribution in [0, 0.1) is 5.92 Å². The van der Waals surface area contributed by atoms with Crippen LogP contribution in [0.25, 0.3) is 10.8 Å². The molecule has 1 aliphatic rings. The highest BCUT2D eigenvalue weighted by molar-refractivity contribution is 7.92. The smallest absolute Gasteiger partial charge is 0.321 e. The van der Waals surface area contributed by atoms with E-state index in [9.17, 15) is 23.1 Å². The standard InChI is InChI=1S/C37H48N6O7S/c1-25-20-43(26(2)23-44)36(45)31-19-29(40-51(47,48)35-22-41(4)24-38-35)16-17-33(31)50-27(3)11-8-9-18-49-34(25)21-42(5)37(46)39-32-15-10-13-28-12-6-7-14-30(28)32/h6-7,10,12-17,19,22,24-27,34,40,44H,8-9,11,18,20-21,23H2,1-5H3,(H,39,46)/t25-,26+,27+,34-/m1/s1. The maximum atomic E-state index is 14.4. The summed E-state index contributed by atoms with van der Waals surface area (Å²) >= 11 is 0. The van der Waals surface area contributed by atoms with Gasteiger partial charge in [0.25, 0.3) is 15.9 Å².